The molecule has 2 aliphatic heterocycles. The lowest BCUT2D eigenvalue weighted by molar-refractivity contribution is -0.139. The molecule has 2 aromatic rings. The number of para-hydroxylation sites is 1. The molecule has 31 heavy (non-hydrogen) atoms. The Labute approximate surface area is 187 Å². The summed E-state index contributed by atoms with van der Waals surface area (Å²) in [6, 6.07) is 17.8. The summed E-state index contributed by atoms with van der Waals surface area (Å²) in [7, 11) is 0. The number of fused-ring (bicyclic) bond motifs is 1. The molecule has 6 nitrogen and oxygen atoms in total. The molecule has 0 radical (unpaired) electrons. The minimum Gasteiger partial charge on any atom is -0.339 e. The van der Waals surface area contributed by atoms with E-state index in [2.05, 4.69) is 17.4 Å². The highest BCUT2D eigenvalue weighted by molar-refractivity contribution is 8.01. The molecule has 1 saturated heterocycles. The Balaban J connectivity index is 1.21. The molecule has 1 N–H and O–H groups in total. The smallest absolute Gasteiger partial charge is 0.238 e. The molecular weight excluding hydrogens is 410 g/mol. The monoisotopic (exact) mass is 437 g/mol. The van der Waals surface area contributed by atoms with Crippen LogP contribution in [0.3, 0.4) is 0 Å². The first kappa shape index (κ1) is 21.4. The van der Waals surface area contributed by atoms with Gasteiger partial charge in [0.1, 0.15) is 0 Å². The molecule has 1 atom stereocenters. The van der Waals surface area contributed by atoms with Crippen molar-refractivity contribution in [2.24, 2.45) is 0 Å². The average molecular weight is 438 g/mol. The van der Waals surface area contributed by atoms with E-state index in [1.807, 2.05) is 47.4 Å². The van der Waals surface area contributed by atoms with Crippen LogP contribution < -0.4 is 5.32 Å². The first-order valence-corrected chi connectivity index (χ1v) is 11.6. The Kier molecular flexibility index (Phi) is 6.92. The van der Waals surface area contributed by atoms with Crippen molar-refractivity contribution in [1.29, 1.82) is 0 Å². The van der Waals surface area contributed by atoms with Crippen LogP contribution in [-0.4, -0.2) is 59.0 Å². The van der Waals surface area contributed by atoms with Crippen LogP contribution in [0.25, 0.3) is 0 Å². The fourth-order valence-electron chi connectivity index (χ4n) is 3.97. The van der Waals surface area contributed by atoms with E-state index in [1.54, 1.807) is 4.90 Å². The number of piperazine rings is 1. The Bertz CT molecular complexity index is 942. The number of hydrogen-bond donors (Lipinski definition) is 1. The summed E-state index contributed by atoms with van der Waals surface area (Å²) < 4.78 is 0. The summed E-state index contributed by atoms with van der Waals surface area (Å²) in [6.45, 7) is 2.17. The largest absolute Gasteiger partial charge is 0.339 e. The second-order valence-electron chi connectivity index (χ2n) is 7.90. The highest BCUT2D eigenvalue weighted by Gasteiger charge is 2.31. The van der Waals surface area contributed by atoms with E-state index in [0.29, 0.717) is 32.6 Å². The molecule has 1 unspecified atom stereocenters. The number of nitrogens with one attached hydrogen (secondary N) is 1. The number of carbonyl (C=O) groups excluding carboxylic acids is 3. The molecule has 4 rings (SSSR count). The maximum atomic E-state index is 12.8. The maximum absolute atomic E-state index is 12.8. The van der Waals surface area contributed by atoms with Crippen LogP contribution in [0.4, 0.5) is 5.69 Å². The van der Waals surface area contributed by atoms with E-state index in [1.165, 1.54) is 17.3 Å². The SMILES string of the molecule is O=C1Nc2ccccc2SC1CC(=O)N1CCN(C(=O)CCCc2ccccc2)CC1. The molecule has 1 fully saturated rings. The van der Waals surface area contributed by atoms with E-state index >= 15 is 0 Å². The second-order valence-corrected chi connectivity index (χ2v) is 9.14. The van der Waals surface area contributed by atoms with E-state index in [0.717, 1.165) is 23.4 Å². The number of thioether (sulfide) groups is 1. The van der Waals surface area contributed by atoms with Crippen molar-refractivity contribution in [3.8, 4) is 0 Å². The number of rotatable bonds is 6. The minimum absolute atomic E-state index is 0.0248. The maximum Gasteiger partial charge on any atom is 0.238 e. The van der Waals surface area contributed by atoms with Gasteiger partial charge >= 0.3 is 0 Å². The summed E-state index contributed by atoms with van der Waals surface area (Å²) in [4.78, 5) is 42.3. The molecule has 0 aromatic heterocycles. The summed E-state index contributed by atoms with van der Waals surface area (Å²) >= 11 is 1.45. The summed E-state index contributed by atoms with van der Waals surface area (Å²) in [5.41, 5.74) is 2.05. The molecule has 2 aliphatic rings. The number of nitrogens with zero attached hydrogens (tertiary/aromatic N) is 2. The van der Waals surface area contributed by atoms with Crippen molar-refractivity contribution in [2.75, 3.05) is 31.5 Å². The minimum atomic E-state index is -0.417. The van der Waals surface area contributed by atoms with Crippen molar-refractivity contribution >= 4 is 35.2 Å². The topological polar surface area (TPSA) is 69.7 Å². The lowest BCUT2D eigenvalue weighted by atomic mass is 10.1. The average Bonchev–Trinajstić information content (AvgIpc) is 2.80. The molecule has 0 aliphatic carbocycles. The zero-order valence-corrected chi connectivity index (χ0v) is 18.3. The van der Waals surface area contributed by atoms with Crippen molar-refractivity contribution in [2.45, 2.75) is 35.8 Å². The highest BCUT2D eigenvalue weighted by Crippen LogP contribution is 2.36. The van der Waals surface area contributed by atoms with Gasteiger partial charge in [-0.1, -0.05) is 42.5 Å². The third-order valence-corrected chi connectivity index (χ3v) is 7.03. The van der Waals surface area contributed by atoms with Crippen LogP contribution in [0.5, 0.6) is 0 Å². The molecule has 3 amide bonds. The normalized spacial score (nSPS) is 18.3. The predicted octanol–water partition coefficient (Wildman–Crippen LogP) is 3.18. The van der Waals surface area contributed by atoms with E-state index in [4.69, 9.17) is 0 Å². The van der Waals surface area contributed by atoms with E-state index in [-0.39, 0.29) is 24.1 Å². The highest BCUT2D eigenvalue weighted by atomic mass is 32.2. The van der Waals surface area contributed by atoms with Crippen LogP contribution in [-0.2, 0) is 20.8 Å². The summed E-state index contributed by atoms with van der Waals surface area (Å²) in [5, 5.41) is 2.47. The molecule has 0 saturated carbocycles. The van der Waals surface area contributed by atoms with Crippen LogP contribution in [0.1, 0.15) is 24.8 Å². The summed E-state index contributed by atoms with van der Waals surface area (Å²) in [5.74, 6) is 0.00865. The van der Waals surface area contributed by atoms with E-state index < -0.39 is 5.25 Å². The van der Waals surface area contributed by atoms with Gasteiger partial charge in [-0.2, -0.15) is 0 Å². The number of carbonyl (C=O) groups is 3. The van der Waals surface area contributed by atoms with Crippen LogP contribution >= 0.6 is 11.8 Å². The van der Waals surface area contributed by atoms with Gasteiger partial charge in [0.05, 0.1) is 10.9 Å². The van der Waals surface area contributed by atoms with Crippen molar-refractivity contribution in [1.82, 2.24) is 9.80 Å². The lowest BCUT2D eigenvalue weighted by Crippen LogP contribution is -2.51. The van der Waals surface area contributed by atoms with E-state index in [9.17, 15) is 14.4 Å². The second kappa shape index (κ2) is 10.0. The Morgan fingerprint density at radius 2 is 1.55 bits per heavy atom. The van der Waals surface area contributed by atoms with Gasteiger partial charge in [0, 0.05) is 43.9 Å². The number of benzene rings is 2. The number of amides is 3. The van der Waals surface area contributed by atoms with Crippen LogP contribution in [0.15, 0.2) is 59.5 Å². The molecule has 162 valence electrons. The quantitative estimate of drug-likeness (QED) is 0.754. The van der Waals surface area contributed by atoms with Crippen molar-refractivity contribution in [3.63, 3.8) is 0 Å². The first-order valence-electron chi connectivity index (χ1n) is 10.8. The lowest BCUT2D eigenvalue weighted by Gasteiger charge is -2.35. The Hall–Kier alpha value is -2.80. The molecule has 7 heteroatoms. The van der Waals surface area contributed by atoms with Crippen LogP contribution in [0.2, 0.25) is 0 Å². The molecule has 0 bridgehead atoms. The van der Waals surface area contributed by atoms with Gasteiger partial charge in [0.2, 0.25) is 17.7 Å². The van der Waals surface area contributed by atoms with Gasteiger partial charge in [0.25, 0.3) is 0 Å². The van der Waals surface area contributed by atoms with Gasteiger partial charge in [-0.15, -0.1) is 11.8 Å². The van der Waals surface area contributed by atoms with Crippen molar-refractivity contribution in [3.05, 3.63) is 60.2 Å². The predicted molar refractivity (Wildman–Crippen MR) is 122 cm³/mol. The standard InChI is InChI=1S/C24H27N3O3S/c28-22(12-6-9-18-7-2-1-3-8-18)26-13-15-27(16-14-26)23(29)17-21-24(30)25-19-10-4-5-11-20(19)31-21/h1-5,7-8,10-11,21H,6,9,12-17H2,(H,25,30). The molecule has 0 spiro atoms. The zero-order chi connectivity index (χ0) is 21.6. The Morgan fingerprint density at radius 3 is 2.29 bits per heavy atom. The van der Waals surface area contributed by atoms with Gasteiger partial charge in [0.15, 0.2) is 0 Å². The number of hydrogen-bond acceptors (Lipinski definition) is 4. The third-order valence-electron chi connectivity index (χ3n) is 5.75. The molecule has 2 heterocycles. The third kappa shape index (κ3) is 5.47. The summed E-state index contributed by atoms with van der Waals surface area (Å²) in [6.07, 6.45) is 2.43. The zero-order valence-electron chi connectivity index (χ0n) is 17.5. The fourth-order valence-corrected chi connectivity index (χ4v) is 5.07. The fraction of sp³-hybridized carbons (Fsp3) is 0.375. The number of anilines is 1. The molecule has 2 aromatic carbocycles. The first-order chi connectivity index (χ1) is 15.1. The van der Waals surface area contributed by atoms with Gasteiger partial charge in [-0.05, 0) is 30.5 Å². The van der Waals surface area contributed by atoms with Crippen molar-refractivity contribution < 1.29 is 14.4 Å². The Morgan fingerprint density at radius 1 is 0.903 bits per heavy atom. The molecular formula is C24H27N3O3S. The van der Waals surface area contributed by atoms with Gasteiger partial charge in [-0.25, -0.2) is 0 Å². The van der Waals surface area contributed by atoms with Gasteiger partial charge in [-0.3, -0.25) is 14.4 Å². The van der Waals surface area contributed by atoms with Gasteiger partial charge < -0.3 is 15.1 Å². The number of aryl methyl sites for hydroxylation is 1. The van der Waals surface area contributed by atoms with Crippen LogP contribution in [0, 0.1) is 0 Å².